The molecule has 26 heavy (non-hydrogen) atoms. The lowest BCUT2D eigenvalue weighted by Gasteiger charge is -2.18. The van der Waals surface area contributed by atoms with Gasteiger partial charge in [0.05, 0.1) is 24.5 Å². The van der Waals surface area contributed by atoms with Gasteiger partial charge in [-0.25, -0.2) is 4.79 Å². The Hall–Kier alpha value is -3.09. The van der Waals surface area contributed by atoms with Gasteiger partial charge in [0.1, 0.15) is 16.9 Å². The molecule has 1 amide bonds. The first-order chi connectivity index (χ1) is 12.2. The number of hydrogen-bond donors (Lipinski definition) is 0. The van der Waals surface area contributed by atoms with Gasteiger partial charge in [-0.3, -0.25) is 4.79 Å². The minimum absolute atomic E-state index is 0.213. The zero-order valence-electron chi connectivity index (χ0n) is 15.0. The van der Waals surface area contributed by atoms with Gasteiger partial charge in [-0.2, -0.15) is 0 Å². The number of rotatable bonds is 4. The zero-order chi connectivity index (χ0) is 19.2. The number of likely N-dealkylation sites (N-methyl/N-ethyl adjacent to an activating group) is 1. The topological polar surface area (TPSA) is 104 Å². The standard InChI is InChI=1S/C19H19NO6/c1-9-11(3)25-15-7-16-13(5-12(9)15)10(2)14(19(24)26-16)6-17(21)20(4)8-18(22)23/h5,7H,6,8H2,1-4H3,(H,22,23)/p-1. The van der Waals surface area contributed by atoms with Crippen molar-refractivity contribution in [3.8, 4) is 0 Å². The molecule has 3 aromatic rings. The average Bonchev–Trinajstić information content (AvgIpc) is 2.83. The summed E-state index contributed by atoms with van der Waals surface area (Å²) in [5.41, 5.74) is 2.24. The van der Waals surface area contributed by atoms with Crippen molar-refractivity contribution < 1.29 is 23.5 Å². The molecule has 0 N–H and O–H groups in total. The Kier molecular flexibility index (Phi) is 4.31. The minimum Gasteiger partial charge on any atom is -0.548 e. The summed E-state index contributed by atoms with van der Waals surface area (Å²) in [6.07, 6.45) is -0.241. The molecule has 0 aliphatic heterocycles. The fourth-order valence-electron chi connectivity index (χ4n) is 3.00. The monoisotopic (exact) mass is 356 g/mol. The lowest BCUT2D eigenvalue weighted by Crippen LogP contribution is -2.40. The van der Waals surface area contributed by atoms with Crippen LogP contribution >= 0.6 is 0 Å². The van der Waals surface area contributed by atoms with Crippen LogP contribution in [0.3, 0.4) is 0 Å². The summed E-state index contributed by atoms with van der Waals surface area (Å²) in [4.78, 5) is 36.2. The van der Waals surface area contributed by atoms with E-state index in [1.807, 2.05) is 19.9 Å². The summed E-state index contributed by atoms with van der Waals surface area (Å²) in [6, 6.07) is 3.56. The summed E-state index contributed by atoms with van der Waals surface area (Å²) in [5.74, 6) is -1.08. The molecule has 0 bridgehead atoms. The second-order valence-electron chi connectivity index (χ2n) is 6.42. The number of fused-ring (bicyclic) bond motifs is 2. The molecule has 3 rings (SSSR count). The number of aliphatic carboxylic acids is 1. The molecule has 0 unspecified atom stereocenters. The maximum atomic E-state index is 12.3. The molecule has 0 saturated heterocycles. The molecule has 2 heterocycles. The van der Waals surface area contributed by atoms with Crippen LogP contribution in [0.5, 0.6) is 0 Å². The number of benzene rings is 1. The van der Waals surface area contributed by atoms with Gasteiger partial charge in [-0.1, -0.05) is 0 Å². The van der Waals surface area contributed by atoms with Gasteiger partial charge in [0.15, 0.2) is 0 Å². The van der Waals surface area contributed by atoms with Gasteiger partial charge < -0.3 is 23.6 Å². The number of nitrogens with zero attached hydrogens (tertiary/aromatic N) is 1. The van der Waals surface area contributed by atoms with Crippen molar-refractivity contribution in [2.24, 2.45) is 0 Å². The van der Waals surface area contributed by atoms with Crippen LogP contribution in [0.25, 0.3) is 21.9 Å². The molecular weight excluding hydrogens is 338 g/mol. The van der Waals surface area contributed by atoms with Crippen LogP contribution in [-0.4, -0.2) is 30.4 Å². The lowest BCUT2D eigenvalue weighted by molar-refractivity contribution is -0.305. The largest absolute Gasteiger partial charge is 0.548 e. The van der Waals surface area contributed by atoms with Crippen LogP contribution in [0.4, 0.5) is 0 Å². The highest BCUT2D eigenvalue weighted by atomic mass is 16.4. The van der Waals surface area contributed by atoms with E-state index < -0.39 is 24.0 Å². The number of carbonyl (C=O) groups is 2. The van der Waals surface area contributed by atoms with E-state index in [0.29, 0.717) is 22.1 Å². The van der Waals surface area contributed by atoms with E-state index in [1.54, 1.807) is 13.0 Å². The second-order valence-corrected chi connectivity index (χ2v) is 6.42. The van der Waals surface area contributed by atoms with E-state index in [2.05, 4.69) is 0 Å². The van der Waals surface area contributed by atoms with Crippen LogP contribution in [-0.2, 0) is 16.0 Å². The molecular formula is C19H18NO6-. The number of amides is 1. The molecule has 0 aliphatic rings. The normalized spacial score (nSPS) is 11.2. The SMILES string of the molecule is Cc1oc2cc3oc(=O)c(CC(=O)N(C)CC(=O)[O-])c(C)c3cc2c1C. The molecule has 0 fully saturated rings. The highest BCUT2D eigenvalue weighted by molar-refractivity contribution is 5.97. The number of aryl methyl sites for hydroxylation is 3. The molecule has 0 saturated carbocycles. The van der Waals surface area contributed by atoms with Gasteiger partial charge in [0, 0.05) is 23.9 Å². The molecule has 0 aliphatic carbocycles. The number of carboxylic acids is 1. The van der Waals surface area contributed by atoms with Crippen molar-refractivity contribution in [1.82, 2.24) is 4.90 Å². The van der Waals surface area contributed by atoms with Crippen molar-refractivity contribution in [3.63, 3.8) is 0 Å². The zero-order valence-corrected chi connectivity index (χ0v) is 15.0. The van der Waals surface area contributed by atoms with E-state index in [1.165, 1.54) is 7.05 Å². The molecule has 0 radical (unpaired) electrons. The van der Waals surface area contributed by atoms with E-state index in [0.717, 1.165) is 21.6 Å². The Balaban J connectivity index is 2.10. The van der Waals surface area contributed by atoms with E-state index in [9.17, 15) is 19.5 Å². The van der Waals surface area contributed by atoms with Crippen LogP contribution in [0.2, 0.25) is 0 Å². The number of carboxylic acid groups (broad SMARTS) is 1. The molecule has 0 atom stereocenters. The third-order valence-corrected chi connectivity index (χ3v) is 4.70. The van der Waals surface area contributed by atoms with E-state index >= 15 is 0 Å². The van der Waals surface area contributed by atoms with Gasteiger partial charge in [0.2, 0.25) is 5.91 Å². The molecule has 7 nitrogen and oxygen atoms in total. The molecule has 0 spiro atoms. The molecule has 7 heteroatoms. The van der Waals surface area contributed by atoms with Crippen molar-refractivity contribution in [2.45, 2.75) is 27.2 Å². The van der Waals surface area contributed by atoms with Gasteiger partial charge in [-0.05, 0) is 38.0 Å². The van der Waals surface area contributed by atoms with Crippen molar-refractivity contribution in [3.05, 3.63) is 45.0 Å². The van der Waals surface area contributed by atoms with Gasteiger partial charge in [-0.15, -0.1) is 0 Å². The summed E-state index contributed by atoms with van der Waals surface area (Å²) in [7, 11) is 1.34. The van der Waals surface area contributed by atoms with Crippen LogP contribution in [0.15, 0.2) is 25.8 Å². The van der Waals surface area contributed by atoms with Gasteiger partial charge >= 0.3 is 5.63 Å². The molecule has 136 valence electrons. The maximum Gasteiger partial charge on any atom is 0.340 e. The highest BCUT2D eigenvalue weighted by Gasteiger charge is 2.19. The van der Waals surface area contributed by atoms with Crippen LogP contribution < -0.4 is 10.7 Å². The Bertz CT molecular complexity index is 1100. The Labute approximate surface area is 148 Å². The first kappa shape index (κ1) is 17.7. The maximum absolute atomic E-state index is 12.3. The fraction of sp³-hybridized carbons (Fsp3) is 0.316. The predicted octanol–water partition coefficient (Wildman–Crippen LogP) is 1.22. The third-order valence-electron chi connectivity index (χ3n) is 4.70. The second kappa shape index (κ2) is 6.33. The number of furan rings is 1. The van der Waals surface area contributed by atoms with E-state index in [-0.39, 0.29) is 12.0 Å². The summed E-state index contributed by atoms with van der Waals surface area (Å²) < 4.78 is 11.0. The van der Waals surface area contributed by atoms with Crippen LogP contribution in [0, 0.1) is 20.8 Å². The minimum atomic E-state index is -1.36. The quantitative estimate of drug-likeness (QED) is 0.651. The summed E-state index contributed by atoms with van der Waals surface area (Å²) >= 11 is 0. The summed E-state index contributed by atoms with van der Waals surface area (Å²) in [5, 5.41) is 12.3. The summed E-state index contributed by atoms with van der Waals surface area (Å²) in [6.45, 7) is 5.01. The van der Waals surface area contributed by atoms with Crippen molar-refractivity contribution in [1.29, 1.82) is 0 Å². The van der Waals surface area contributed by atoms with Crippen LogP contribution in [0.1, 0.15) is 22.5 Å². The van der Waals surface area contributed by atoms with E-state index in [4.69, 9.17) is 8.83 Å². The van der Waals surface area contributed by atoms with Gasteiger partial charge in [0.25, 0.3) is 0 Å². The Morgan fingerprint density at radius 3 is 2.31 bits per heavy atom. The third kappa shape index (κ3) is 2.96. The number of hydrogen-bond acceptors (Lipinski definition) is 6. The highest BCUT2D eigenvalue weighted by Crippen LogP contribution is 2.31. The molecule has 1 aromatic carbocycles. The lowest BCUT2D eigenvalue weighted by atomic mass is 10.0. The predicted molar refractivity (Wildman–Crippen MR) is 92.8 cm³/mol. The average molecular weight is 356 g/mol. The smallest absolute Gasteiger partial charge is 0.340 e. The first-order valence-electron chi connectivity index (χ1n) is 8.09. The van der Waals surface area contributed by atoms with Crippen molar-refractivity contribution >= 4 is 33.8 Å². The number of carbonyl (C=O) groups excluding carboxylic acids is 2. The Morgan fingerprint density at radius 1 is 1.04 bits per heavy atom. The first-order valence-corrected chi connectivity index (χ1v) is 8.09. The van der Waals surface area contributed by atoms with Crippen molar-refractivity contribution in [2.75, 3.05) is 13.6 Å². The Morgan fingerprint density at radius 2 is 1.65 bits per heavy atom. The molecule has 2 aromatic heterocycles. The fourth-order valence-corrected chi connectivity index (χ4v) is 3.00.